The van der Waals surface area contributed by atoms with Gasteiger partial charge in [0.05, 0.1) is 6.20 Å². The maximum atomic E-state index is 11.5. The normalized spacial score (nSPS) is 10.8. The molecule has 2 rings (SSSR count). The minimum atomic E-state index is -0.341. The molecule has 3 N–H and O–H groups in total. The van der Waals surface area contributed by atoms with E-state index in [-0.39, 0.29) is 10.3 Å². The van der Waals surface area contributed by atoms with Gasteiger partial charge in [0.15, 0.2) is 0 Å². The van der Waals surface area contributed by atoms with Crippen molar-refractivity contribution in [1.29, 1.82) is 0 Å². The van der Waals surface area contributed by atoms with Crippen LogP contribution in [0.25, 0.3) is 11.0 Å². The molecule has 0 aliphatic rings. The summed E-state index contributed by atoms with van der Waals surface area (Å²) in [7, 11) is 1.72. The Labute approximate surface area is 77.6 Å². The molecule has 0 saturated heterocycles. The van der Waals surface area contributed by atoms with Crippen LogP contribution in [-0.4, -0.2) is 19.4 Å². The Hall–Kier alpha value is -1.63. The lowest BCUT2D eigenvalue weighted by molar-refractivity contribution is 0.778. The minimum Gasteiger partial charge on any atom is -0.334 e. The molecule has 0 fully saturated rings. The van der Waals surface area contributed by atoms with Crippen LogP contribution in [0.3, 0.4) is 0 Å². The summed E-state index contributed by atoms with van der Waals surface area (Å²) in [5, 5.41) is 4.34. The standard InChI is InChI=1S/C6H7N5OS/c1-10-4-3(2-8-10)5(12)11(7)6(13)9-4/h2H,7H2,1H3,(H,9,13). The fraction of sp³-hybridized carbons (Fsp3) is 0.167. The Bertz CT molecular complexity index is 577. The maximum Gasteiger partial charge on any atom is 0.283 e. The molecule has 0 saturated carbocycles. The predicted octanol–water partition coefficient (Wildman–Crippen LogP) is -0.494. The average Bonchev–Trinajstić information content (AvgIpc) is 2.45. The lowest BCUT2D eigenvalue weighted by Gasteiger charge is -1.98. The lowest BCUT2D eigenvalue weighted by Crippen LogP contribution is -2.28. The third kappa shape index (κ3) is 0.970. The molecule has 6 nitrogen and oxygen atoms in total. The summed E-state index contributed by atoms with van der Waals surface area (Å²) >= 11 is 4.84. The average molecular weight is 197 g/mol. The smallest absolute Gasteiger partial charge is 0.283 e. The number of fused-ring (bicyclic) bond motifs is 1. The molecule has 13 heavy (non-hydrogen) atoms. The summed E-state index contributed by atoms with van der Waals surface area (Å²) in [5.41, 5.74) is 0.239. The summed E-state index contributed by atoms with van der Waals surface area (Å²) in [6.07, 6.45) is 1.45. The minimum absolute atomic E-state index is 0.182. The van der Waals surface area contributed by atoms with Crippen LogP contribution in [0.15, 0.2) is 11.0 Å². The Morgan fingerprint density at radius 1 is 1.69 bits per heavy atom. The van der Waals surface area contributed by atoms with E-state index in [1.165, 1.54) is 10.9 Å². The molecule has 2 aromatic heterocycles. The fourth-order valence-electron chi connectivity index (χ4n) is 1.13. The third-order valence-electron chi connectivity index (χ3n) is 1.83. The van der Waals surface area contributed by atoms with Gasteiger partial charge in [-0.25, -0.2) is 0 Å². The predicted molar refractivity (Wildman–Crippen MR) is 50.3 cm³/mol. The van der Waals surface area contributed by atoms with E-state index in [0.29, 0.717) is 11.0 Å². The van der Waals surface area contributed by atoms with Crippen LogP contribution in [0, 0.1) is 4.77 Å². The number of hydrogen-bond donors (Lipinski definition) is 2. The monoisotopic (exact) mass is 197 g/mol. The van der Waals surface area contributed by atoms with Crippen LogP contribution >= 0.6 is 12.2 Å². The molecule has 0 bridgehead atoms. The molecule has 0 spiro atoms. The van der Waals surface area contributed by atoms with Gasteiger partial charge in [-0.2, -0.15) is 9.77 Å². The molecule has 0 aliphatic carbocycles. The molecular formula is C6H7N5OS. The van der Waals surface area contributed by atoms with Crippen molar-refractivity contribution in [3.05, 3.63) is 21.3 Å². The number of nitrogens with zero attached hydrogens (tertiary/aromatic N) is 3. The van der Waals surface area contributed by atoms with E-state index in [1.807, 2.05) is 0 Å². The van der Waals surface area contributed by atoms with Crippen LogP contribution in [0.5, 0.6) is 0 Å². The molecule has 0 aliphatic heterocycles. The molecule has 0 atom stereocenters. The number of H-pyrrole nitrogens is 1. The van der Waals surface area contributed by atoms with Gasteiger partial charge in [-0.15, -0.1) is 0 Å². The molecule has 2 heterocycles. The second-order valence-corrected chi connectivity index (χ2v) is 3.02. The highest BCUT2D eigenvalue weighted by atomic mass is 32.1. The highest BCUT2D eigenvalue weighted by Crippen LogP contribution is 2.02. The van der Waals surface area contributed by atoms with E-state index < -0.39 is 0 Å². The summed E-state index contributed by atoms with van der Waals surface area (Å²) < 4.78 is 2.60. The second-order valence-electron chi connectivity index (χ2n) is 2.64. The summed E-state index contributed by atoms with van der Waals surface area (Å²) in [6, 6.07) is 0. The topological polar surface area (TPSA) is 81.6 Å². The van der Waals surface area contributed by atoms with Crippen molar-refractivity contribution < 1.29 is 0 Å². The highest BCUT2D eigenvalue weighted by molar-refractivity contribution is 7.71. The van der Waals surface area contributed by atoms with Crippen molar-refractivity contribution in [3.63, 3.8) is 0 Å². The van der Waals surface area contributed by atoms with Crippen molar-refractivity contribution in [1.82, 2.24) is 19.4 Å². The second kappa shape index (κ2) is 2.43. The van der Waals surface area contributed by atoms with Crippen LogP contribution in [0.2, 0.25) is 0 Å². The molecule has 0 radical (unpaired) electrons. The van der Waals surface area contributed by atoms with Crippen molar-refractivity contribution in [2.45, 2.75) is 0 Å². The first-order valence-electron chi connectivity index (χ1n) is 3.53. The van der Waals surface area contributed by atoms with Gasteiger partial charge in [-0.3, -0.25) is 9.48 Å². The summed E-state index contributed by atoms with van der Waals surface area (Å²) in [4.78, 5) is 14.3. The van der Waals surface area contributed by atoms with Crippen LogP contribution in [0.1, 0.15) is 0 Å². The van der Waals surface area contributed by atoms with Crippen molar-refractivity contribution in [3.8, 4) is 0 Å². The van der Waals surface area contributed by atoms with E-state index in [9.17, 15) is 4.79 Å². The van der Waals surface area contributed by atoms with Gasteiger partial charge in [0.25, 0.3) is 5.56 Å². The Balaban J connectivity index is 3.14. The van der Waals surface area contributed by atoms with E-state index >= 15 is 0 Å². The number of nitrogens with one attached hydrogen (secondary N) is 1. The quantitative estimate of drug-likeness (QED) is 0.441. The van der Waals surface area contributed by atoms with Crippen LogP contribution < -0.4 is 11.4 Å². The first kappa shape index (κ1) is 7.99. The van der Waals surface area contributed by atoms with Gasteiger partial charge in [0.1, 0.15) is 11.0 Å². The molecule has 2 aromatic rings. The number of hydrogen-bond acceptors (Lipinski definition) is 4. The van der Waals surface area contributed by atoms with E-state index in [2.05, 4.69) is 10.1 Å². The number of nitrogens with two attached hydrogens (primary N) is 1. The molecule has 0 amide bonds. The summed E-state index contributed by atoms with van der Waals surface area (Å²) in [6.45, 7) is 0. The zero-order chi connectivity index (χ0) is 9.59. The maximum absolute atomic E-state index is 11.5. The van der Waals surface area contributed by atoms with Crippen molar-refractivity contribution in [2.75, 3.05) is 5.84 Å². The first-order chi connectivity index (χ1) is 6.11. The zero-order valence-corrected chi connectivity index (χ0v) is 7.63. The number of aryl methyl sites for hydroxylation is 1. The molecule has 0 aromatic carbocycles. The van der Waals surface area contributed by atoms with E-state index in [0.717, 1.165) is 4.68 Å². The van der Waals surface area contributed by atoms with Crippen molar-refractivity contribution in [2.24, 2.45) is 7.05 Å². The number of aromatic amines is 1. The molecule has 0 unspecified atom stereocenters. The van der Waals surface area contributed by atoms with Gasteiger partial charge in [-0.1, -0.05) is 0 Å². The Kier molecular flexibility index (Phi) is 1.49. The lowest BCUT2D eigenvalue weighted by atomic mass is 10.4. The van der Waals surface area contributed by atoms with Gasteiger partial charge >= 0.3 is 0 Å². The van der Waals surface area contributed by atoms with Gasteiger partial charge in [0.2, 0.25) is 4.77 Å². The van der Waals surface area contributed by atoms with E-state index in [4.69, 9.17) is 18.1 Å². The first-order valence-corrected chi connectivity index (χ1v) is 3.94. The largest absolute Gasteiger partial charge is 0.334 e. The highest BCUT2D eigenvalue weighted by Gasteiger charge is 2.06. The van der Waals surface area contributed by atoms with Gasteiger partial charge in [-0.05, 0) is 12.2 Å². The SMILES string of the molecule is Cn1ncc2c(=O)n(N)c(=S)[nH]c21. The van der Waals surface area contributed by atoms with Crippen molar-refractivity contribution >= 4 is 23.3 Å². The van der Waals surface area contributed by atoms with Crippen LogP contribution in [0.4, 0.5) is 0 Å². The Morgan fingerprint density at radius 3 is 3.08 bits per heavy atom. The fourth-order valence-corrected chi connectivity index (χ4v) is 1.31. The Morgan fingerprint density at radius 2 is 2.38 bits per heavy atom. The number of rotatable bonds is 0. The zero-order valence-electron chi connectivity index (χ0n) is 6.81. The number of nitrogen functional groups attached to an aromatic ring is 1. The summed E-state index contributed by atoms with van der Waals surface area (Å²) in [5.74, 6) is 5.39. The van der Waals surface area contributed by atoms with Crippen LogP contribution in [-0.2, 0) is 7.05 Å². The third-order valence-corrected chi connectivity index (χ3v) is 2.13. The number of aromatic nitrogens is 4. The molecule has 7 heteroatoms. The van der Waals surface area contributed by atoms with Gasteiger partial charge < -0.3 is 10.8 Å². The molecule has 68 valence electrons. The van der Waals surface area contributed by atoms with E-state index in [1.54, 1.807) is 7.05 Å². The molecular weight excluding hydrogens is 190 g/mol. The van der Waals surface area contributed by atoms with Gasteiger partial charge in [0, 0.05) is 7.05 Å².